The van der Waals surface area contributed by atoms with Crippen LogP contribution in [0.25, 0.3) is 0 Å². The van der Waals surface area contributed by atoms with Gasteiger partial charge in [0.1, 0.15) is 11.4 Å². The molecule has 3 atom stereocenters. The minimum absolute atomic E-state index is 0.0335. The van der Waals surface area contributed by atoms with Crippen molar-refractivity contribution in [2.24, 2.45) is 4.99 Å². The number of aromatic nitrogens is 2. The molecule has 0 spiro atoms. The zero-order valence-electron chi connectivity index (χ0n) is 22.1. The van der Waals surface area contributed by atoms with Gasteiger partial charge in [-0.1, -0.05) is 53.2 Å². The summed E-state index contributed by atoms with van der Waals surface area (Å²) in [5.41, 5.74) is 2.10. The first kappa shape index (κ1) is 27.7. The summed E-state index contributed by atoms with van der Waals surface area (Å²) in [4.78, 5) is 26.3. The lowest BCUT2D eigenvalue weighted by molar-refractivity contribution is -0.121. The molecule has 39 heavy (non-hydrogen) atoms. The van der Waals surface area contributed by atoms with E-state index in [4.69, 9.17) is 32.9 Å². The van der Waals surface area contributed by atoms with Gasteiger partial charge in [-0.2, -0.15) is 4.98 Å². The molecule has 0 radical (unpaired) electrons. The molecule has 1 fully saturated rings. The molecule has 1 aromatic heterocycles. The number of carbonyl (C=O) groups is 1. The molecule has 11 heteroatoms. The maximum atomic E-state index is 11.9. The number of halogens is 2. The van der Waals surface area contributed by atoms with Gasteiger partial charge in [0.25, 0.3) is 0 Å². The molecule has 3 heterocycles. The van der Waals surface area contributed by atoms with E-state index in [1.165, 1.54) is 11.8 Å². The van der Waals surface area contributed by atoms with Gasteiger partial charge in [-0.25, -0.2) is 4.98 Å². The fraction of sp³-hybridized carbons (Fsp3) is 0.357. The van der Waals surface area contributed by atoms with Gasteiger partial charge in [-0.05, 0) is 68.0 Å². The van der Waals surface area contributed by atoms with Crippen molar-refractivity contribution in [1.29, 1.82) is 0 Å². The topological polar surface area (TPSA) is 101 Å². The molecule has 2 aliphatic heterocycles. The van der Waals surface area contributed by atoms with E-state index >= 15 is 0 Å². The van der Waals surface area contributed by atoms with Crippen LogP contribution in [0.3, 0.4) is 0 Å². The smallest absolute Gasteiger partial charge is 0.234 e. The Labute approximate surface area is 242 Å². The van der Waals surface area contributed by atoms with Gasteiger partial charge in [0, 0.05) is 22.8 Å². The predicted molar refractivity (Wildman–Crippen MR) is 156 cm³/mol. The number of nitrogens with one attached hydrogen (secondary N) is 3. The number of nitrogens with zero attached hydrogens (tertiary/aromatic N) is 3. The van der Waals surface area contributed by atoms with Gasteiger partial charge < -0.3 is 15.4 Å². The summed E-state index contributed by atoms with van der Waals surface area (Å²) in [6.45, 7) is 7.29. The zero-order chi connectivity index (χ0) is 27.8. The molecule has 1 saturated heterocycles. The van der Waals surface area contributed by atoms with Crippen molar-refractivity contribution in [2.75, 3.05) is 26.0 Å². The average Bonchev–Trinajstić information content (AvgIpc) is 3.21. The third-order valence-electron chi connectivity index (χ3n) is 7.47. The Balaban J connectivity index is 1.69. The Morgan fingerprint density at radius 3 is 2.54 bits per heavy atom. The van der Waals surface area contributed by atoms with Crippen LogP contribution in [0.15, 0.2) is 58.8 Å². The summed E-state index contributed by atoms with van der Waals surface area (Å²) < 4.78 is 5.93. The SMILES string of the molecule is CCOc1nc(SC)ncc1C1=N[C@@](C)(c2ccc(Cl)cc2)[C@@](C)(c2ccc(Cl)cc2C2CNC(=O)CN2)N1. The summed E-state index contributed by atoms with van der Waals surface area (Å²) >= 11 is 14.2. The number of hydrogen-bond donors (Lipinski definition) is 3. The summed E-state index contributed by atoms with van der Waals surface area (Å²) in [5, 5.41) is 11.9. The predicted octanol–water partition coefficient (Wildman–Crippen LogP) is 4.85. The zero-order valence-corrected chi connectivity index (χ0v) is 24.5. The van der Waals surface area contributed by atoms with E-state index in [0.29, 0.717) is 45.6 Å². The van der Waals surface area contributed by atoms with Crippen LogP contribution in [0.5, 0.6) is 5.88 Å². The molecule has 204 valence electrons. The van der Waals surface area contributed by atoms with Gasteiger partial charge in [0.2, 0.25) is 11.8 Å². The van der Waals surface area contributed by atoms with Gasteiger partial charge in [0.15, 0.2) is 5.16 Å². The first-order chi connectivity index (χ1) is 18.7. The molecule has 2 aliphatic rings. The van der Waals surface area contributed by atoms with Gasteiger partial charge in [-0.3, -0.25) is 15.1 Å². The van der Waals surface area contributed by atoms with Crippen LogP contribution < -0.4 is 20.7 Å². The Kier molecular flexibility index (Phi) is 7.79. The van der Waals surface area contributed by atoms with Gasteiger partial charge in [-0.15, -0.1) is 0 Å². The highest BCUT2D eigenvalue weighted by atomic mass is 35.5. The standard InChI is InChI=1S/C28H30Cl2N6O2S/c1-5-38-25-20(13-33-26(34-25)39-4)24-35-27(2,16-6-8-17(29)9-7-16)28(3,36-24)21-11-10-18(30)12-19(21)22-14-32-23(37)15-31-22/h6-13,22,31H,5,14-15H2,1-4H3,(H,32,37)(H,35,36)/t22?,27-,28+/m0/s1. The van der Waals surface area contributed by atoms with E-state index in [0.717, 1.165) is 16.7 Å². The Morgan fingerprint density at radius 1 is 1.13 bits per heavy atom. The van der Waals surface area contributed by atoms with Crippen molar-refractivity contribution in [2.45, 2.75) is 43.0 Å². The quantitative estimate of drug-likeness (QED) is 0.270. The molecule has 3 N–H and O–H groups in total. The number of amides is 1. The largest absolute Gasteiger partial charge is 0.477 e. The van der Waals surface area contributed by atoms with Crippen LogP contribution in [-0.2, 0) is 15.9 Å². The van der Waals surface area contributed by atoms with Crippen molar-refractivity contribution in [1.82, 2.24) is 25.9 Å². The second-order valence-corrected chi connectivity index (χ2v) is 11.4. The summed E-state index contributed by atoms with van der Waals surface area (Å²) in [6, 6.07) is 13.5. The molecule has 0 bridgehead atoms. The Bertz CT molecular complexity index is 1430. The number of ether oxygens (including phenoxy) is 1. The fourth-order valence-electron chi connectivity index (χ4n) is 5.23. The minimum atomic E-state index is -0.783. The molecule has 0 saturated carbocycles. The lowest BCUT2D eigenvalue weighted by Crippen LogP contribution is -2.52. The van der Waals surface area contributed by atoms with Crippen LogP contribution >= 0.6 is 35.0 Å². The van der Waals surface area contributed by atoms with E-state index < -0.39 is 11.1 Å². The number of amidine groups is 1. The minimum Gasteiger partial charge on any atom is -0.477 e. The van der Waals surface area contributed by atoms with Gasteiger partial charge in [0.05, 0.1) is 30.3 Å². The maximum absolute atomic E-state index is 11.9. The number of thioether (sulfide) groups is 1. The van der Waals surface area contributed by atoms with E-state index in [1.807, 2.05) is 55.6 Å². The van der Waals surface area contributed by atoms with Crippen LogP contribution in [0, 0.1) is 0 Å². The highest BCUT2D eigenvalue weighted by Gasteiger charge is 2.54. The van der Waals surface area contributed by atoms with Crippen LogP contribution in [-0.4, -0.2) is 47.7 Å². The Hall–Kier alpha value is -2.85. The number of carbonyl (C=O) groups excluding carboxylic acids is 1. The molecule has 3 aromatic rings. The molecule has 1 unspecified atom stereocenters. The van der Waals surface area contributed by atoms with Crippen LogP contribution in [0.2, 0.25) is 10.0 Å². The van der Waals surface area contributed by atoms with E-state index in [-0.39, 0.29) is 18.5 Å². The second kappa shape index (κ2) is 11.0. The summed E-state index contributed by atoms with van der Waals surface area (Å²) in [6.07, 6.45) is 3.68. The molecular weight excluding hydrogens is 555 g/mol. The van der Waals surface area contributed by atoms with Crippen molar-refractivity contribution in [3.8, 4) is 5.88 Å². The number of rotatable bonds is 7. The first-order valence-corrected chi connectivity index (χ1v) is 14.6. The van der Waals surface area contributed by atoms with E-state index in [2.05, 4.69) is 39.8 Å². The molecule has 0 aliphatic carbocycles. The number of benzene rings is 2. The number of hydrogen-bond acceptors (Lipinski definition) is 8. The van der Waals surface area contributed by atoms with Gasteiger partial charge >= 0.3 is 0 Å². The summed E-state index contributed by atoms with van der Waals surface area (Å²) in [5.74, 6) is 1.06. The highest BCUT2D eigenvalue weighted by molar-refractivity contribution is 7.98. The van der Waals surface area contributed by atoms with E-state index in [1.54, 1.807) is 6.20 Å². The molecule has 1 amide bonds. The molecular formula is C28H30Cl2N6O2S. The molecule has 2 aromatic carbocycles. The monoisotopic (exact) mass is 584 g/mol. The molecule has 5 rings (SSSR count). The van der Waals surface area contributed by atoms with Crippen molar-refractivity contribution < 1.29 is 9.53 Å². The third-order valence-corrected chi connectivity index (χ3v) is 8.52. The van der Waals surface area contributed by atoms with Crippen molar-refractivity contribution >= 4 is 46.7 Å². The Morgan fingerprint density at radius 2 is 1.87 bits per heavy atom. The van der Waals surface area contributed by atoms with Crippen molar-refractivity contribution in [3.05, 3.63) is 81.0 Å². The lowest BCUT2D eigenvalue weighted by atomic mass is 9.70. The second-order valence-electron chi connectivity index (χ2n) is 9.77. The van der Waals surface area contributed by atoms with Crippen LogP contribution in [0.4, 0.5) is 0 Å². The first-order valence-electron chi connectivity index (χ1n) is 12.7. The maximum Gasteiger partial charge on any atom is 0.234 e. The lowest BCUT2D eigenvalue weighted by Gasteiger charge is -2.42. The highest BCUT2D eigenvalue weighted by Crippen LogP contribution is 2.50. The molecule has 8 nitrogen and oxygen atoms in total. The number of piperazine rings is 1. The number of aliphatic imine (C=N–C) groups is 1. The van der Waals surface area contributed by atoms with Crippen molar-refractivity contribution in [3.63, 3.8) is 0 Å². The normalized spacial score (nSPS) is 24.6. The van der Waals surface area contributed by atoms with E-state index in [9.17, 15) is 4.79 Å². The summed E-state index contributed by atoms with van der Waals surface area (Å²) in [7, 11) is 0. The third kappa shape index (κ3) is 5.09. The fourth-order valence-corrected chi connectivity index (χ4v) is 5.87. The van der Waals surface area contributed by atoms with Crippen LogP contribution in [0.1, 0.15) is 49.1 Å². The average molecular weight is 586 g/mol.